The topological polar surface area (TPSA) is 98.3 Å². The number of benzene rings is 1. The predicted octanol–water partition coefficient (Wildman–Crippen LogP) is 1.97. The minimum atomic E-state index is -0.973. The molecule has 1 unspecified atom stereocenters. The molecule has 0 aliphatic heterocycles. The van der Waals surface area contributed by atoms with E-state index in [1.165, 1.54) is 12.1 Å². The van der Waals surface area contributed by atoms with Gasteiger partial charge in [-0.25, -0.2) is 0 Å². The van der Waals surface area contributed by atoms with E-state index in [4.69, 9.17) is 5.73 Å². The van der Waals surface area contributed by atoms with Crippen molar-refractivity contribution in [2.75, 3.05) is 5.32 Å². The Balaban J connectivity index is 2.23. The summed E-state index contributed by atoms with van der Waals surface area (Å²) in [5.41, 5.74) is 5.86. The van der Waals surface area contributed by atoms with Gasteiger partial charge in [-0.3, -0.25) is 14.9 Å². The minimum Gasteiger partial charge on any atom is -0.319 e. The summed E-state index contributed by atoms with van der Waals surface area (Å²) in [7, 11) is 0. The molecule has 102 valence electrons. The molecule has 1 saturated carbocycles. The quantitative estimate of drug-likeness (QED) is 0.640. The van der Waals surface area contributed by atoms with Crippen LogP contribution in [0.3, 0.4) is 0 Å². The molecule has 1 aliphatic rings. The van der Waals surface area contributed by atoms with Gasteiger partial charge in [-0.15, -0.1) is 0 Å². The maximum atomic E-state index is 12.1. The number of aryl methyl sites for hydroxylation is 1. The summed E-state index contributed by atoms with van der Waals surface area (Å²) in [6.07, 6.45) is 1.85. The van der Waals surface area contributed by atoms with Crippen molar-refractivity contribution in [2.45, 2.75) is 32.2 Å². The van der Waals surface area contributed by atoms with Crippen LogP contribution in [0.5, 0.6) is 0 Å². The average molecular weight is 263 g/mol. The van der Waals surface area contributed by atoms with Crippen molar-refractivity contribution in [3.8, 4) is 0 Å². The number of nitrogens with zero attached hydrogens (tertiary/aromatic N) is 1. The van der Waals surface area contributed by atoms with E-state index in [9.17, 15) is 14.9 Å². The lowest BCUT2D eigenvalue weighted by Crippen LogP contribution is -2.50. The van der Waals surface area contributed by atoms with Crippen LogP contribution in [0.4, 0.5) is 11.4 Å². The zero-order valence-corrected chi connectivity index (χ0v) is 11.0. The zero-order chi connectivity index (χ0) is 14.2. The normalized spacial score (nSPS) is 17.6. The standard InChI is InChI=1S/C13H17N3O3/c1-8-3-6-10(11(7-8)16(18)19)15-12(17)13(2,14)9-4-5-9/h3,6-7,9H,4-5,14H2,1-2H3,(H,15,17). The van der Waals surface area contributed by atoms with Crippen LogP contribution in [0.25, 0.3) is 0 Å². The van der Waals surface area contributed by atoms with E-state index in [2.05, 4.69) is 5.32 Å². The second-order valence-electron chi connectivity index (χ2n) is 5.29. The molecule has 1 aliphatic carbocycles. The molecule has 0 radical (unpaired) electrons. The molecule has 19 heavy (non-hydrogen) atoms. The van der Waals surface area contributed by atoms with E-state index in [0.29, 0.717) is 0 Å². The van der Waals surface area contributed by atoms with Crippen LogP contribution in [0.15, 0.2) is 18.2 Å². The fourth-order valence-electron chi connectivity index (χ4n) is 2.02. The molecule has 0 heterocycles. The molecule has 1 amide bonds. The van der Waals surface area contributed by atoms with Gasteiger partial charge in [0.1, 0.15) is 5.69 Å². The van der Waals surface area contributed by atoms with Crippen molar-refractivity contribution in [2.24, 2.45) is 11.7 Å². The van der Waals surface area contributed by atoms with Gasteiger partial charge in [0.25, 0.3) is 5.69 Å². The first-order chi connectivity index (χ1) is 8.82. The number of carbonyl (C=O) groups excluding carboxylic acids is 1. The Kier molecular flexibility index (Phi) is 3.28. The highest BCUT2D eigenvalue weighted by Crippen LogP contribution is 2.39. The Morgan fingerprint density at radius 2 is 2.16 bits per heavy atom. The Hall–Kier alpha value is -1.95. The monoisotopic (exact) mass is 263 g/mol. The third-order valence-electron chi connectivity index (χ3n) is 3.51. The van der Waals surface area contributed by atoms with Gasteiger partial charge >= 0.3 is 0 Å². The van der Waals surface area contributed by atoms with Crippen molar-refractivity contribution in [1.82, 2.24) is 0 Å². The van der Waals surface area contributed by atoms with E-state index in [1.54, 1.807) is 19.9 Å². The van der Waals surface area contributed by atoms with Gasteiger partial charge in [0, 0.05) is 6.07 Å². The highest BCUT2D eigenvalue weighted by atomic mass is 16.6. The minimum absolute atomic E-state index is 0.111. The van der Waals surface area contributed by atoms with E-state index in [-0.39, 0.29) is 23.2 Å². The number of carbonyl (C=O) groups is 1. The van der Waals surface area contributed by atoms with Crippen LogP contribution < -0.4 is 11.1 Å². The molecular formula is C13H17N3O3. The maximum absolute atomic E-state index is 12.1. The highest BCUT2D eigenvalue weighted by molar-refractivity contribution is 5.99. The SMILES string of the molecule is Cc1ccc(NC(=O)C(C)(N)C2CC2)c([N+](=O)[O-])c1. The first kappa shape index (κ1) is 13.5. The summed E-state index contributed by atoms with van der Waals surface area (Å²) in [6, 6.07) is 4.68. The molecule has 0 spiro atoms. The molecule has 0 saturated heterocycles. The molecule has 2 rings (SSSR count). The third-order valence-corrected chi connectivity index (χ3v) is 3.51. The number of nitro benzene ring substituents is 1. The van der Waals surface area contributed by atoms with Crippen molar-refractivity contribution < 1.29 is 9.72 Å². The molecule has 6 heteroatoms. The molecule has 1 aromatic carbocycles. The van der Waals surface area contributed by atoms with Crippen molar-refractivity contribution in [3.05, 3.63) is 33.9 Å². The maximum Gasteiger partial charge on any atom is 0.293 e. The van der Waals surface area contributed by atoms with Gasteiger partial charge in [-0.1, -0.05) is 6.07 Å². The third kappa shape index (κ3) is 2.73. The van der Waals surface area contributed by atoms with Gasteiger partial charge in [0.2, 0.25) is 5.91 Å². The number of rotatable bonds is 4. The van der Waals surface area contributed by atoms with Gasteiger partial charge in [0.05, 0.1) is 10.5 Å². The molecule has 6 nitrogen and oxygen atoms in total. The first-order valence-electron chi connectivity index (χ1n) is 6.17. The molecule has 3 N–H and O–H groups in total. The van der Waals surface area contributed by atoms with Gasteiger partial charge < -0.3 is 11.1 Å². The molecule has 0 aromatic heterocycles. The lowest BCUT2D eigenvalue weighted by molar-refractivity contribution is -0.384. The Morgan fingerprint density at radius 3 is 2.68 bits per heavy atom. The number of nitro groups is 1. The summed E-state index contributed by atoms with van der Waals surface area (Å²) in [4.78, 5) is 22.6. The van der Waals surface area contributed by atoms with E-state index in [0.717, 1.165) is 18.4 Å². The number of hydrogen-bond acceptors (Lipinski definition) is 4. The fourth-order valence-corrected chi connectivity index (χ4v) is 2.02. The summed E-state index contributed by atoms with van der Waals surface area (Å²) < 4.78 is 0. The number of nitrogens with two attached hydrogens (primary N) is 1. The van der Waals surface area contributed by atoms with Crippen molar-refractivity contribution in [1.29, 1.82) is 0 Å². The average Bonchev–Trinajstić information content (AvgIpc) is 3.15. The number of hydrogen-bond donors (Lipinski definition) is 2. The smallest absolute Gasteiger partial charge is 0.293 e. The van der Waals surface area contributed by atoms with Crippen LogP contribution in [-0.4, -0.2) is 16.4 Å². The van der Waals surface area contributed by atoms with Crippen LogP contribution in [0, 0.1) is 23.0 Å². The first-order valence-corrected chi connectivity index (χ1v) is 6.17. The van der Waals surface area contributed by atoms with Gasteiger partial charge in [0.15, 0.2) is 0 Å². The highest BCUT2D eigenvalue weighted by Gasteiger charge is 2.44. The summed E-state index contributed by atoms with van der Waals surface area (Å²) in [5.74, 6) is -0.209. The predicted molar refractivity (Wildman–Crippen MR) is 71.8 cm³/mol. The summed E-state index contributed by atoms with van der Waals surface area (Å²) in [5, 5.41) is 13.5. The Bertz CT molecular complexity index is 536. The fraction of sp³-hybridized carbons (Fsp3) is 0.462. The van der Waals surface area contributed by atoms with Crippen molar-refractivity contribution >= 4 is 17.3 Å². The molecule has 1 fully saturated rings. The largest absolute Gasteiger partial charge is 0.319 e. The van der Waals surface area contributed by atoms with Gasteiger partial charge in [-0.05, 0) is 44.2 Å². The summed E-state index contributed by atoms with van der Waals surface area (Å²) >= 11 is 0. The van der Waals surface area contributed by atoms with Crippen LogP contribution >= 0.6 is 0 Å². The van der Waals surface area contributed by atoms with Crippen molar-refractivity contribution in [3.63, 3.8) is 0 Å². The van der Waals surface area contributed by atoms with E-state index < -0.39 is 10.5 Å². The second-order valence-corrected chi connectivity index (χ2v) is 5.29. The number of anilines is 1. The summed E-state index contributed by atoms with van der Waals surface area (Å²) in [6.45, 7) is 3.43. The lowest BCUT2D eigenvalue weighted by atomic mass is 9.96. The molecule has 1 atom stereocenters. The van der Waals surface area contributed by atoms with Gasteiger partial charge in [-0.2, -0.15) is 0 Å². The number of nitrogens with one attached hydrogen (secondary N) is 1. The molecule has 1 aromatic rings. The van der Waals surface area contributed by atoms with Crippen LogP contribution in [0.1, 0.15) is 25.3 Å². The Labute approximate surface area is 111 Å². The lowest BCUT2D eigenvalue weighted by Gasteiger charge is -2.23. The zero-order valence-electron chi connectivity index (χ0n) is 11.0. The molecular weight excluding hydrogens is 246 g/mol. The Morgan fingerprint density at radius 1 is 1.53 bits per heavy atom. The number of amides is 1. The van der Waals surface area contributed by atoms with Crippen LogP contribution in [0.2, 0.25) is 0 Å². The second kappa shape index (κ2) is 4.62. The molecule has 0 bridgehead atoms. The van der Waals surface area contributed by atoms with E-state index in [1.807, 2.05) is 0 Å². The van der Waals surface area contributed by atoms with E-state index >= 15 is 0 Å². The van der Waals surface area contributed by atoms with Crippen LogP contribution in [-0.2, 0) is 4.79 Å².